The van der Waals surface area contributed by atoms with Crippen LogP contribution in [0.4, 0.5) is 4.39 Å². The summed E-state index contributed by atoms with van der Waals surface area (Å²) < 4.78 is 13.3. The third-order valence-electron chi connectivity index (χ3n) is 1.75. The van der Waals surface area contributed by atoms with Crippen molar-refractivity contribution in [1.29, 1.82) is 0 Å². The molecule has 1 aromatic carbocycles. The molecule has 0 aliphatic heterocycles. The summed E-state index contributed by atoms with van der Waals surface area (Å²) in [5, 5.41) is 0. The molecule has 0 N–H and O–H groups in total. The maximum absolute atomic E-state index is 13.3. The first-order valence-electron chi connectivity index (χ1n) is 4.31. The average molecular weight is 204 g/mol. The summed E-state index contributed by atoms with van der Waals surface area (Å²) in [7, 11) is 0. The molecule has 0 saturated carbocycles. The van der Waals surface area contributed by atoms with E-state index in [2.05, 4.69) is 0 Å². The summed E-state index contributed by atoms with van der Waals surface area (Å²) in [4.78, 5) is 20.1. The molecule has 0 saturated heterocycles. The highest BCUT2D eigenvalue weighted by atomic mass is 19.1. The van der Waals surface area contributed by atoms with E-state index in [4.69, 9.17) is 0 Å². The number of benzene rings is 1. The maximum atomic E-state index is 13.3. The summed E-state index contributed by atoms with van der Waals surface area (Å²) in [6, 6.07) is 4.50. The summed E-state index contributed by atoms with van der Waals surface area (Å²) in [6.07, 6.45) is 6.60. The molecule has 0 aliphatic rings. The molecule has 0 atom stereocenters. The van der Waals surface area contributed by atoms with E-state index in [9.17, 15) is 14.0 Å². The molecular formula is C12H9FO2. The second-order valence-corrected chi connectivity index (χ2v) is 2.77. The molecule has 0 aliphatic carbocycles. The molecular weight excluding hydrogens is 195 g/mol. The average Bonchev–Trinajstić information content (AvgIpc) is 2.25. The Morgan fingerprint density at radius 2 is 1.67 bits per heavy atom. The summed E-state index contributed by atoms with van der Waals surface area (Å²) >= 11 is 0. The molecule has 0 amide bonds. The van der Waals surface area contributed by atoms with Gasteiger partial charge >= 0.3 is 0 Å². The van der Waals surface area contributed by atoms with E-state index in [-0.39, 0.29) is 0 Å². The van der Waals surface area contributed by atoms with Crippen molar-refractivity contribution in [3.8, 4) is 0 Å². The Balaban J connectivity index is 2.97. The van der Waals surface area contributed by atoms with Crippen molar-refractivity contribution in [2.45, 2.75) is 0 Å². The van der Waals surface area contributed by atoms with Gasteiger partial charge in [0, 0.05) is 5.56 Å². The van der Waals surface area contributed by atoms with Crippen LogP contribution in [-0.4, -0.2) is 12.6 Å². The van der Waals surface area contributed by atoms with E-state index in [0.717, 1.165) is 0 Å². The second kappa shape index (κ2) is 5.65. The zero-order valence-corrected chi connectivity index (χ0v) is 7.89. The maximum Gasteiger partial charge on any atom is 0.142 e. The first-order valence-corrected chi connectivity index (χ1v) is 4.31. The molecule has 1 aromatic rings. The summed E-state index contributed by atoms with van der Waals surface area (Å²) in [6.45, 7) is 0. The van der Waals surface area contributed by atoms with Gasteiger partial charge in [0.15, 0.2) is 0 Å². The number of hydrogen-bond acceptors (Lipinski definition) is 2. The predicted octanol–water partition coefficient (Wildman–Crippen LogP) is 2.25. The van der Waals surface area contributed by atoms with Crippen LogP contribution in [-0.2, 0) is 9.59 Å². The van der Waals surface area contributed by atoms with Crippen molar-refractivity contribution in [3.63, 3.8) is 0 Å². The number of hydrogen-bond donors (Lipinski definition) is 0. The van der Waals surface area contributed by atoms with Gasteiger partial charge in [0.1, 0.15) is 18.4 Å². The fraction of sp³-hybridized carbons (Fsp3) is 0. The van der Waals surface area contributed by atoms with Gasteiger partial charge in [-0.25, -0.2) is 4.39 Å². The molecule has 0 spiro atoms. The standard InChI is InChI=1S/C12H9FO2/c13-12-9-10(3-1-7-14)5-6-11(12)4-2-8-15/h1-9H. The normalized spacial score (nSPS) is 11.0. The highest BCUT2D eigenvalue weighted by Crippen LogP contribution is 2.12. The minimum atomic E-state index is -0.429. The van der Waals surface area contributed by atoms with Crippen LogP contribution < -0.4 is 0 Å². The largest absolute Gasteiger partial charge is 0.299 e. The van der Waals surface area contributed by atoms with Gasteiger partial charge in [-0.15, -0.1) is 0 Å². The van der Waals surface area contributed by atoms with E-state index in [1.165, 1.54) is 30.4 Å². The molecule has 0 bridgehead atoms. The first kappa shape index (κ1) is 11.0. The molecule has 0 fully saturated rings. The number of allylic oxidation sites excluding steroid dienone is 2. The summed E-state index contributed by atoms with van der Waals surface area (Å²) in [5.74, 6) is -0.429. The van der Waals surface area contributed by atoms with Gasteiger partial charge in [0.05, 0.1) is 0 Å². The van der Waals surface area contributed by atoms with Crippen LogP contribution in [0.2, 0.25) is 0 Å². The smallest absolute Gasteiger partial charge is 0.142 e. The highest BCUT2D eigenvalue weighted by molar-refractivity contribution is 5.75. The quantitative estimate of drug-likeness (QED) is 0.556. The third-order valence-corrected chi connectivity index (χ3v) is 1.75. The van der Waals surface area contributed by atoms with Crippen molar-refractivity contribution in [2.75, 3.05) is 0 Å². The fourth-order valence-corrected chi connectivity index (χ4v) is 1.08. The molecule has 2 nitrogen and oxygen atoms in total. The van der Waals surface area contributed by atoms with E-state index >= 15 is 0 Å². The Bertz CT molecular complexity index is 420. The van der Waals surface area contributed by atoms with Crippen LogP contribution in [0.5, 0.6) is 0 Å². The molecule has 0 radical (unpaired) electrons. The number of halogens is 1. The molecule has 15 heavy (non-hydrogen) atoms. The van der Waals surface area contributed by atoms with Crippen molar-refractivity contribution < 1.29 is 14.0 Å². The number of carbonyl (C=O) groups is 2. The lowest BCUT2D eigenvalue weighted by Crippen LogP contribution is -1.83. The first-order chi connectivity index (χ1) is 7.27. The molecule has 0 aromatic heterocycles. The summed E-state index contributed by atoms with van der Waals surface area (Å²) in [5.41, 5.74) is 0.938. The van der Waals surface area contributed by atoms with Crippen molar-refractivity contribution in [1.82, 2.24) is 0 Å². The fourth-order valence-electron chi connectivity index (χ4n) is 1.08. The zero-order chi connectivity index (χ0) is 11.1. The second-order valence-electron chi connectivity index (χ2n) is 2.77. The number of aldehydes is 2. The van der Waals surface area contributed by atoms with Crippen LogP contribution >= 0.6 is 0 Å². The molecule has 0 unspecified atom stereocenters. The van der Waals surface area contributed by atoms with Crippen molar-refractivity contribution >= 4 is 24.7 Å². The lowest BCUT2D eigenvalue weighted by atomic mass is 10.1. The number of carbonyl (C=O) groups excluding carboxylic acids is 2. The van der Waals surface area contributed by atoms with Crippen molar-refractivity contribution in [2.24, 2.45) is 0 Å². The number of rotatable bonds is 4. The van der Waals surface area contributed by atoms with E-state index in [1.807, 2.05) is 0 Å². The van der Waals surface area contributed by atoms with E-state index in [0.29, 0.717) is 23.7 Å². The third kappa shape index (κ3) is 3.31. The van der Waals surface area contributed by atoms with Gasteiger partial charge in [-0.05, 0) is 29.9 Å². The van der Waals surface area contributed by atoms with Crippen LogP contribution in [0.1, 0.15) is 11.1 Å². The lowest BCUT2D eigenvalue weighted by molar-refractivity contribution is -0.104. The van der Waals surface area contributed by atoms with E-state index < -0.39 is 5.82 Å². The molecule has 1 rings (SSSR count). The van der Waals surface area contributed by atoms with Gasteiger partial charge in [-0.2, -0.15) is 0 Å². The highest BCUT2D eigenvalue weighted by Gasteiger charge is 1.98. The topological polar surface area (TPSA) is 34.1 Å². The Morgan fingerprint density at radius 3 is 2.27 bits per heavy atom. The van der Waals surface area contributed by atoms with Gasteiger partial charge in [0.2, 0.25) is 0 Å². The monoisotopic (exact) mass is 204 g/mol. The van der Waals surface area contributed by atoms with Gasteiger partial charge in [-0.3, -0.25) is 9.59 Å². The minimum Gasteiger partial charge on any atom is -0.299 e. The van der Waals surface area contributed by atoms with Gasteiger partial charge in [-0.1, -0.05) is 18.2 Å². The van der Waals surface area contributed by atoms with Crippen LogP contribution in [0, 0.1) is 5.82 Å². The Hall–Kier alpha value is -2.03. The minimum absolute atomic E-state index is 0.338. The van der Waals surface area contributed by atoms with Gasteiger partial charge < -0.3 is 0 Å². The van der Waals surface area contributed by atoms with Crippen LogP contribution in [0.15, 0.2) is 30.4 Å². The predicted molar refractivity (Wildman–Crippen MR) is 56.6 cm³/mol. The van der Waals surface area contributed by atoms with Crippen LogP contribution in [0.3, 0.4) is 0 Å². The molecule has 3 heteroatoms. The lowest BCUT2D eigenvalue weighted by Gasteiger charge is -1.97. The molecule has 76 valence electrons. The Kier molecular flexibility index (Phi) is 4.16. The Morgan fingerprint density at radius 1 is 1.00 bits per heavy atom. The Labute approximate surface area is 86.7 Å². The zero-order valence-electron chi connectivity index (χ0n) is 7.89. The SMILES string of the molecule is O=CC=Cc1ccc(C=CC=O)c(F)c1. The van der Waals surface area contributed by atoms with Gasteiger partial charge in [0.25, 0.3) is 0 Å². The van der Waals surface area contributed by atoms with E-state index in [1.54, 1.807) is 12.1 Å². The van der Waals surface area contributed by atoms with Crippen LogP contribution in [0.25, 0.3) is 12.2 Å². The van der Waals surface area contributed by atoms with Crippen molar-refractivity contribution in [3.05, 3.63) is 47.3 Å². The molecule has 0 heterocycles.